The number of hydrogen-bond acceptors (Lipinski definition) is 4. The van der Waals surface area contributed by atoms with Crippen LogP contribution < -0.4 is 22.1 Å². The summed E-state index contributed by atoms with van der Waals surface area (Å²) in [5.74, 6) is 0.0991. The molecule has 276 valence electrons. The van der Waals surface area contributed by atoms with E-state index in [9.17, 15) is 9.59 Å². The van der Waals surface area contributed by atoms with Gasteiger partial charge in [0.25, 0.3) is 0 Å². The zero-order chi connectivity index (χ0) is 34.5. The van der Waals surface area contributed by atoms with Crippen molar-refractivity contribution in [3.63, 3.8) is 0 Å². The van der Waals surface area contributed by atoms with Gasteiger partial charge in [0.1, 0.15) is 0 Å². The minimum absolute atomic E-state index is 0.0496. The Labute approximate surface area is 292 Å². The van der Waals surface area contributed by atoms with Crippen LogP contribution in [0, 0.1) is 5.41 Å². The smallest absolute Gasteiger partial charge is 0.220 e. The fraction of sp³-hybridized carbons (Fsp3) is 0.854. The van der Waals surface area contributed by atoms with Crippen molar-refractivity contribution in [1.82, 2.24) is 10.6 Å². The highest BCUT2D eigenvalue weighted by atomic mass is 16.2. The molecule has 0 fully saturated rings. The number of carbonyl (C=O) groups excluding carboxylic acids is 2. The van der Waals surface area contributed by atoms with Gasteiger partial charge in [0.2, 0.25) is 11.8 Å². The van der Waals surface area contributed by atoms with Crippen LogP contribution in [0.1, 0.15) is 194 Å². The fourth-order valence-corrected chi connectivity index (χ4v) is 5.90. The highest BCUT2D eigenvalue weighted by molar-refractivity contribution is 5.76. The molecule has 0 aromatic rings. The molecule has 0 aliphatic rings. The maximum atomic E-state index is 12.5. The Hall–Kier alpha value is -1.66. The molecule has 0 aliphatic heterocycles. The van der Waals surface area contributed by atoms with Gasteiger partial charge in [-0.1, -0.05) is 141 Å². The molecule has 0 spiro atoms. The summed E-state index contributed by atoms with van der Waals surface area (Å²) in [5, 5.41) is 6.07. The Balaban J connectivity index is 3.81. The second-order valence-corrected chi connectivity index (χ2v) is 14.1. The lowest BCUT2D eigenvalue weighted by Crippen LogP contribution is -2.53. The van der Waals surface area contributed by atoms with E-state index in [4.69, 9.17) is 11.5 Å². The molecular weight excluding hydrogens is 580 g/mol. The van der Waals surface area contributed by atoms with Gasteiger partial charge in [-0.25, -0.2) is 0 Å². The van der Waals surface area contributed by atoms with Gasteiger partial charge in [0.05, 0.1) is 0 Å². The third-order valence-electron chi connectivity index (χ3n) is 9.52. The van der Waals surface area contributed by atoms with E-state index in [0.29, 0.717) is 39.0 Å². The number of hydrogen-bond donors (Lipinski definition) is 4. The first kappa shape index (κ1) is 45.3. The van der Waals surface area contributed by atoms with Gasteiger partial charge >= 0.3 is 0 Å². The molecule has 6 heteroatoms. The van der Waals surface area contributed by atoms with E-state index in [-0.39, 0.29) is 11.8 Å². The molecule has 0 aromatic carbocycles. The molecular formula is C41H80N4O2. The normalized spacial score (nSPS) is 12.0. The van der Waals surface area contributed by atoms with Crippen LogP contribution in [0.3, 0.4) is 0 Å². The Kier molecular flexibility index (Phi) is 34.4. The van der Waals surface area contributed by atoms with Crippen molar-refractivity contribution in [2.45, 2.75) is 194 Å². The van der Waals surface area contributed by atoms with Crippen molar-refractivity contribution in [3.05, 3.63) is 24.3 Å². The van der Waals surface area contributed by atoms with Crippen molar-refractivity contribution in [3.8, 4) is 0 Å². The third-order valence-corrected chi connectivity index (χ3v) is 9.52. The first-order valence-corrected chi connectivity index (χ1v) is 20.3. The second-order valence-electron chi connectivity index (χ2n) is 14.1. The predicted octanol–water partition coefficient (Wildman–Crippen LogP) is 10.2. The lowest BCUT2D eigenvalue weighted by molar-refractivity contribution is -0.121. The van der Waals surface area contributed by atoms with Crippen LogP contribution in [0.15, 0.2) is 24.3 Å². The van der Waals surface area contributed by atoms with Crippen LogP contribution >= 0.6 is 0 Å². The number of unbranched alkanes of at least 4 members (excludes halogenated alkanes) is 22. The van der Waals surface area contributed by atoms with Gasteiger partial charge in [0.15, 0.2) is 0 Å². The molecule has 0 saturated heterocycles. The third kappa shape index (κ3) is 31.4. The number of nitrogens with one attached hydrogen (secondary N) is 2. The fourth-order valence-electron chi connectivity index (χ4n) is 5.90. The van der Waals surface area contributed by atoms with E-state index in [1.165, 1.54) is 141 Å². The minimum Gasteiger partial charge on any atom is -0.355 e. The molecule has 0 bridgehead atoms. The number of amides is 2. The van der Waals surface area contributed by atoms with Crippen LogP contribution in [0.2, 0.25) is 0 Å². The zero-order valence-corrected chi connectivity index (χ0v) is 31.4. The van der Waals surface area contributed by atoms with E-state index in [1.807, 2.05) is 0 Å². The molecule has 0 aromatic heterocycles. The lowest BCUT2D eigenvalue weighted by Gasteiger charge is -2.31. The summed E-state index contributed by atoms with van der Waals surface area (Å²) in [4.78, 5) is 24.9. The monoisotopic (exact) mass is 661 g/mol. The number of nitrogens with two attached hydrogens (primary N) is 2. The van der Waals surface area contributed by atoms with Crippen molar-refractivity contribution in [2.24, 2.45) is 16.9 Å². The van der Waals surface area contributed by atoms with Gasteiger partial charge in [0, 0.05) is 44.4 Å². The van der Waals surface area contributed by atoms with E-state index in [0.717, 1.165) is 25.7 Å². The highest BCUT2D eigenvalue weighted by Crippen LogP contribution is 2.14. The van der Waals surface area contributed by atoms with Crippen molar-refractivity contribution in [2.75, 3.05) is 26.2 Å². The Morgan fingerprint density at radius 3 is 1.02 bits per heavy atom. The Morgan fingerprint density at radius 1 is 0.447 bits per heavy atom. The Bertz CT molecular complexity index is 690. The average Bonchev–Trinajstić information content (AvgIpc) is 3.08. The second kappa shape index (κ2) is 35.6. The predicted molar refractivity (Wildman–Crippen MR) is 205 cm³/mol. The summed E-state index contributed by atoms with van der Waals surface area (Å²) in [6.07, 6.45) is 42.9. The maximum absolute atomic E-state index is 12.5. The zero-order valence-electron chi connectivity index (χ0n) is 31.4. The molecule has 0 heterocycles. The molecule has 0 saturated carbocycles. The lowest BCUT2D eigenvalue weighted by atomic mass is 9.87. The van der Waals surface area contributed by atoms with E-state index in [1.54, 1.807) is 0 Å². The topological polar surface area (TPSA) is 110 Å². The van der Waals surface area contributed by atoms with Crippen molar-refractivity contribution < 1.29 is 9.59 Å². The molecule has 0 aliphatic carbocycles. The molecule has 47 heavy (non-hydrogen) atoms. The summed E-state index contributed by atoms with van der Waals surface area (Å²) >= 11 is 0. The summed E-state index contributed by atoms with van der Waals surface area (Å²) in [5.41, 5.74) is 11.6. The van der Waals surface area contributed by atoms with E-state index < -0.39 is 5.41 Å². The van der Waals surface area contributed by atoms with E-state index >= 15 is 0 Å². The van der Waals surface area contributed by atoms with Gasteiger partial charge in [-0.05, 0) is 64.2 Å². The van der Waals surface area contributed by atoms with Crippen molar-refractivity contribution >= 4 is 11.8 Å². The van der Waals surface area contributed by atoms with Crippen LogP contribution in [0.25, 0.3) is 0 Å². The van der Waals surface area contributed by atoms with Gasteiger partial charge in [-0.15, -0.1) is 0 Å². The number of allylic oxidation sites excluding steroid dienone is 4. The number of rotatable bonds is 36. The van der Waals surface area contributed by atoms with Crippen LogP contribution in [0.4, 0.5) is 0 Å². The SMILES string of the molecule is CCCCCCCCC=CCCCCCCCC(=O)NCC(CN)(CN)CNC(=O)CCCCCCCC=CCCCCCCCC. The van der Waals surface area contributed by atoms with Crippen molar-refractivity contribution in [1.29, 1.82) is 0 Å². The van der Waals surface area contributed by atoms with E-state index in [2.05, 4.69) is 48.8 Å². The molecule has 0 unspecified atom stereocenters. The molecule has 2 amide bonds. The van der Waals surface area contributed by atoms with Crippen LogP contribution in [-0.2, 0) is 9.59 Å². The first-order valence-electron chi connectivity index (χ1n) is 20.3. The maximum Gasteiger partial charge on any atom is 0.220 e. The molecule has 6 nitrogen and oxygen atoms in total. The Morgan fingerprint density at radius 2 is 0.723 bits per heavy atom. The molecule has 6 N–H and O–H groups in total. The summed E-state index contributed by atoms with van der Waals surface area (Å²) < 4.78 is 0. The minimum atomic E-state index is -0.504. The molecule has 0 rings (SSSR count). The standard InChI is InChI=1S/C41H80N4O2/c1-3-5-7-9-11-13-15-17-19-21-23-25-27-29-31-33-39(46)44-37-41(35-42,36-43)38-45-40(47)34-32-30-28-26-24-22-20-18-16-14-12-10-8-6-4-2/h17-20H,3-16,21-38,42-43H2,1-2H3,(H,44,46)(H,45,47). The van der Waals surface area contributed by atoms with Gasteiger partial charge in [-0.3, -0.25) is 9.59 Å². The molecule has 0 radical (unpaired) electrons. The first-order chi connectivity index (χ1) is 23.0. The summed E-state index contributed by atoms with van der Waals surface area (Å²) in [6, 6.07) is 0. The number of carbonyl (C=O) groups is 2. The summed E-state index contributed by atoms with van der Waals surface area (Å²) in [6.45, 7) is 5.98. The van der Waals surface area contributed by atoms with Gasteiger partial charge in [-0.2, -0.15) is 0 Å². The quantitative estimate of drug-likeness (QED) is 0.0396. The van der Waals surface area contributed by atoms with Gasteiger partial charge < -0.3 is 22.1 Å². The van der Waals surface area contributed by atoms with Crippen LogP contribution in [-0.4, -0.2) is 38.0 Å². The summed E-state index contributed by atoms with van der Waals surface area (Å²) in [7, 11) is 0. The largest absolute Gasteiger partial charge is 0.355 e. The van der Waals surface area contributed by atoms with Crippen LogP contribution in [0.5, 0.6) is 0 Å². The highest BCUT2D eigenvalue weighted by Gasteiger charge is 2.28. The average molecular weight is 661 g/mol. The molecule has 0 atom stereocenters.